The lowest BCUT2D eigenvalue weighted by atomic mass is 10.1. The zero-order chi connectivity index (χ0) is 14.7. The van der Waals surface area contributed by atoms with E-state index in [1.165, 1.54) is 25.7 Å². The Bertz CT molecular complexity index is 624. The fourth-order valence-electron chi connectivity index (χ4n) is 3.27. The second-order valence-electron chi connectivity index (χ2n) is 5.98. The average Bonchev–Trinajstić information content (AvgIpc) is 2.69. The number of nitrogen functional groups attached to an aromatic ring is 1. The summed E-state index contributed by atoms with van der Waals surface area (Å²) in [6.07, 6.45) is 9.21. The van der Waals surface area contributed by atoms with E-state index >= 15 is 0 Å². The van der Waals surface area contributed by atoms with E-state index in [1.54, 1.807) is 0 Å². The van der Waals surface area contributed by atoms with E-state index in [9.17, 15) is 4.79 Å². The summed E-state index contributed by atoms with van der Waals surface area (Å²) in [5, 5.41) is 4.26. The van der Waals surface area contributed by atoms with Gasteiger partial charge in [-0.25, -0.2) is 0 Å². The van der Waals surface area contributed by atoms with Crippen molar-refractivity contribution in [2.24, 2.45) is 0 Å². The Morgan fingerprint density at radius 3 is 2.71 bits per heavy atom. The molecule has 1 aromatic carbocycles. The number of para-hydroxylation sites is 1. The average molecular weight is 285 g/mol. The molecular weight excluding hydrogens is 262 g/mol. The van der Waals surface area contributed by atoms with Crippen molar-refractivity contribution in [1.82, 2.24) is 9.88 Å². The van der Waals surface area contributed by atoms with Gasteiger partial charge in [-0.05, 0) is 25.0 Å². The van der Waals surface area contributed by atoms with E-state index in [-0.39, 0.29) is 5.91 Å². The molecule has 1 amide bonds. The van der Waals surface area contributed by atoms with Gasteiger partial charge in [0.1, 0.15) is 6.54 Å². The number of nitrogens with one attached hydrogen (secondary N) is 1. The lowest BCUT2D eigenvalue weighted by Gasteiger charge is -2.17. The molecule has 4 heteroatoms. The molecule has 1 saturated carbocycles. The molecule has 4 nitrogen and oxygen atoms in total. The summed E-state index contributed by atoms with van der Waals surface area (Å²) in [5.74, 6) is 0.0858. The van der Waals surface area contributed by atoms with Crippen molar-refractivity contribution in [3.05, 3.63) is 30.5 Å². The first-order valence-corrected chi connectivity index (χ1v) is 7.87. The van der Waals surface area contributed by atoms with Crippen molar-refractivity contribution >= 4 is 22.5 Å². The van der Waals surface area contributed by atoms with Crippen molar-refractivity contribution in [3.8, 4) is 0 Å². The van der Waals surface area contributed by atoms with Crippen LogP contribution < -0.4 is 11.1 Å². The van der Waals surface area contributed by atoms with Gasteiger partial charge < -0.3 is 15.6 Å². The molecule has 2 aromatic rings. The third kappa shape index (κ3) is 3.20. The van der Waals surface area contributed by atoms with E-state index < -0.39 is 0 Å². The smallest absolute Gasteiger partial charge is 0.240 e. The summed E-state index contributed by atoms with van der Waals surface area (Å²) >= 11 is 0. The van der Waals surface area contributed by atoms with Gasteiger partial charge in [0.15, 0.2) is 0 Å². The summed E-state index contributed by atoms with van der Waals surface area (Å²) in [6.45, 7) is 0.341. The predicted octanol–water partition coefficient (Wildman–Crippen LogP) is 3.06. The van der Waals surface area contributed by atoms with Crippen molar-refractivity contribution in [2.45, 2.75) is 51.1 Å². The van der Waals surface area contributed by atoms with Crippen LogP contribution in [0.4, 0.5) is 5.69 Å². The maximum absolute atomic E-state index is 12.3. The highest BCUT2D eigenvalue weighted by atomic mass is 16.2. The molecule has 21 heavy (non-hydrogen) atoms. The number of benzene rings is 1. The van der Waals surface area contributed by atoms with E-state index in [0.717, 1.165) is 29.4 Å². The van der Waals surface area contributed by atoms with Crippen LogP contribution in [0.25, 0.3) is 10.9 Å². The Morgan fingerprint density at radius 1 is 1.19 bits per heavy atom. The van der Waals surface area contributed by atoms with Crippen LogP contribution in [0.5, 0.6) is 0 Å². The number of fused-ring (bicyclic) bond motifs is 1. The van der Waals surface area contributed by atoms with E-state index in [4.69, 9.17) is 5.73 Å². The molecule has 0 radical (unpaired) electrons. The maximum atomic E-state index is 12.3. The molecule has 0 saturated heterocycles. The van der Waals surface area contributed by atoms with E-state index in [0.29, 0.717) is 12.6 Å². The number of carbonyl (C=O) groups is 1. The zero-order valence-corrected chi connectivity index (χ0v) is 12.3. The summed E-state index contributed by atoms with van der Waals surface area (Å²) in [5.41, 5.74) is 7.70. The number of nitrogens with zero attached hydrogens (tertiary/aromatic N) is 1. The fraction of sp³-hybridized carbons (Fsp3) is 0.471. The first kappa shape index (κ1) is 14.0. The van der Waals surface area contributed by atoms with Gasteiger partial charge in [0.25, 0.3) is 0 Å². The van der Waals surface area contributed by atoms with Crippen LogP contribution in [-0.4, -0.2) is 16.5 Å². The highest BCUT2D eigenvalue weighted by Gasteiger charge is 2.15. The number of carbonyl (C=O) groups excluding carboxylic acids is 1. The van der Waals surface area contributed by atoms with Gasteiger partial charge in [-0.1, -0.05) is 37.8 Å². The molecule has 3 rings (SSSR count). The van der Waals surface area contributed by atoms with Crippen LogP contribution >= 0.6 is 0 Å². The molecule has 1 aliphatic rings. The lowest BCUT2D eigenvalue weighted by Crippen LogP contribution is -2.36. The van der Waals surface area contributed by atoms with Gasteiger partial charge in [-0.3, -0.25) is 4.79 Å². The number of rotatable bonds is 3. The summed E-state index contributed by atoms with van der Waals surface area (Å²) < 4.78 is 1.94. The molecule has 112 valence electrons. The highest BCUT2D eigenvalue weighted by Crippen LogP contribution is 2.22. The van der Waals surface area contributed by atoms with E-state index in [1.807, 2.05) is 35.0 Å². The maximum Gasteiger partial charge on any atom is 0.240 e. The number of amides is 1. The molecule has 1 fully saturated rings. The van der Waals surface area contributed by atoms with E-state index in [2.05, 4.69) is 5.32 Å². The summed E-state index contributed by atoms with van der Waals surface area (Å²) in [6, 6.07) is 8.19. The molecule has 0 spiro atoms. The molecule has 3 N–H and O–H groups in total. The molecule has 0 aliphatic heterocycles. The Labute approximate surface area is 125 Å². The fourth-order valence-corrected chi connectivity index (χ4v) is 3.27. The van der Waals surface area contributed by atoms with Gasteiger partial charge in [0.2, 0.25) is 5.91 Å². The largest absolute Gasteiger partial charge is 0.397 e. The highest BCUT2D eigenvalue weighted by molar-refractivity contribution is 5.91. The molecular formula is C17H23N3O. The summed E-state index contributed by atoms with van der Waals surface area (Å²) in [7, 11) is 0. The minimum atomic E-state index is 0.0858. The van der Waals surface area contributed by atoms with Crippen molar-refractivity contribution < 1.29 is 4.79 Å². The molecule has 1 heterocycles. The molecule has 1 aromatic heterocycles. The number of aromatic nitrogens is 1. The monoisotopic (exact) mass is 285 g/mol. The number of hydrogen-bond acceptors (Lipinski definition) is 2. The zero-order valence-electron chi connectivity index (χ0n) is 12.3. The minimum absolute atomic E-state index is 0.0858. The predicted molar refractivity (Wildman–Crippen MR) is 86.0 cm³/mol. The standard InChI is InChI=1S/C17H23N3O/c18-15-9-5-6-13-10-11-20(17(13)15)12-16(21)19-14-7-3-1-2-4-8-14/h5-6,9-11,14H,1-4,7-8,12,18H2,(H,19,21). The SMILES string of the molecule is Nc1cccc2ccn(CC(=O)NC3CCCCCC3)c12. The van der Waals surface area contributed by atoms with Gasteiger partial charge in [-0.15, -0.1) is 0 Å². The Kier molecular flexibility index (Phi) is 4.13. The van der Waals surface area contributed by atoms with Crippen LogP contribution in [0.2, 0.25) is 0 Å². The second kappa shape index (κ2) is 6.20. The number of nitrogens with two attached hydrogens (primary N) is 1. The second-order valence-corrected chi connectivity index (χ2v) is 5.98. The quantitative estimate of drug-likeness (QED) is 0.672. The van der Waals surface area contributed by atoms with Gasteiger partial charge in [0.05, 0.1) is 11.2 Å². The van der Waals surface area contributed by atoms with Crippen molar-refractivity contribution in [1.29, 1.82) is 0 Å². The Balaban J connectivity index is 1.68. The number of anilines is 1. The summed E-state index contributed by atoms with van der Waals surface area (Å²) in [4.78, 5) is 12.3. The Morgan fingerprint density at radius 2 is 1.95 bits per heavy atom. The first-order valence-electron chi connectivity index (χ1n) is 7.87. The normalized spacial score (nSPS) is 16.8. The van der Waals surface area contributed by atoms with Gasteiger partial charge >= 0.3 is 0 Å². The van der Waals surface area contributed by atoms with Gasteiger partial charge in [-0.2, -0.15) is 0 Å². The molecule has 0 unspecified atom stereocenters. The van der Waals surface area contributed by atoms with Crippen LogP contribution in [0.3, 0.4) is 0 Å². The topological polar surface area (TPSA) is 60.0 Å². The molecule has 1 aliphatic carbocycles. The van der Waals surface area contributed by atoms with Crippen LogP contribution in [0, 0.1) is 0 Å². The molecule has 0 bridgehead atoms. The van der Waals surface area contributed by atoms with Crippen LogP contribution in [0.1, 0.15) is 38.5 Å². The van der Waals surface area contributed by atoms with Gasteiger partial charge in [0, 0.05) is 17.6 Å². The number of hydrogen-bond donors (Lipinski definition) is 2. The third-order valence-electron chi connectivity index (χ3n) is 4.35. The minimum Gasteiger partial charge on any atom is -0.397 e. The van der Waals surface area contributed by atoms with Crippen LogP contribution in [-0.2, 0) is 11.3 Å². The van der Waals surface area contributed by atoms with Crippen molar-refractivity contribution in [2.75, 3.05) is 5.73 Å². The Hall–Kier alpha value is -1.97. The first-order chi connectivity index (χ1) is 10.2. The molecule has 0 atom stereocenters. The lowest BCUT2D eigenvalue weighted by molar-refractivity contribution is -0.122. The van der Waals surface area contributed by atoms with Crippen molar-refractivity contribution in [3.63, 3.8) is 0 Å². The van der Waals surface area contributed by atoms with Crippen LogP contribution in [0.15, 0.2) is 30.5 Å². The third-order valence-corrected chi connectivity index (χ3v) is 4.35.